The summed E-state index contributed by atoms with van der Waals surface area (Å²) in [5.41, 5.74) is 1.79. The Morgan fingerprint density at radius 2 is 1.58 bits per heavy atom. The zero-order valence-corrected chi connectivity index (χ0v) is 11.9. The normalized spacial score (nSPS) is 25.3. The fourth-order valence-electron chi connectivity index (χ4n) is 3.62. The molecule has 3 nitrogen and oxygen atoms in total. The predicted octanol–water partition coefficient (Wildman–Crippen LogP) is 1.51. The van der Waals surface area contributed by atoms with Crippen LogP contribution in [0, 0.1) is 0 Å². The molecule has 2 aliphatic rings. The third-order valence-corrected chi connectivity index (χ3v) is 4.85. The lowest BCUT2D eigenvalue weighted by Crippen LogP contribution is -2.58. The zero-order chi connectivity index (χ0) is 13.1. The van der Waals surface area contributed by atoms with Crippen LogP contribution in [0.25, 0.3) is 0 Å². The van der Waals surface area contributed by atoms with Crippen molar-refractivity contribution in [2.45, 2.75) is 18.4 Å². The average molecular weight is 259 g/mol. The van der Waals surface area contributed by atoms with E-state index < -0.39 is 0 Å². The molecule has 0 bridgehead atoms. The number of nitrogens with zero attached hydrogens (tertiary/aromatic N) is 2. The molecule has 104 valence electrons. The first-order valence-corrected chi connectivity index (χ1v) is 7.51. The van der Waals surface area contributed by atoms with Crippen LogP contribution < -0.4 is 5.32 Å². The molecule has 1 aromatic carbocycles. The highest BCUT2D eigenvalue weighted by Gasteiger charge is 2.40. The van der Waals surface area contributed by atoms with Crippen molar-refractivity contribution in [3.05, 3.63) is 35.9 Å². The molecule has 2 heterocycles. The SMILES string of the molecule is CN1CCC(c2ccccc2)(N2CCNCC2)CC1. The van der Waals surface area contributed by atoms with Crippen LogP contribution in [0.3, 0.4) is 0 Å². The molecule has 2 fully saturated rings. The molecule has 2 aliphatic heterocycles. The third kappa shape index (κ3) is 2.55. The Morgan fingerprint density at radius 1 is 0.947 bits per heavy atom. The maximum atomic E-state index is 3.48. The Hall–Kier alpha value is -0.900. The number of rotatable bonds is 2. The third-order valence-electron chi connectivity index (χ3n) is 4.85. The van der Waals surface area contributed by atoms with Gasteiger partial charge in [-0.2, -0.15) is 0 Å². The van der Waals surface area contributed by atoms with Crippen molar-refractivity contribution >= 4 is 0 Å². The molecule has 3 rings (SSSR count). The van der Waals surface area contributed by atoms with E-state index in [0.29, 0.717) is 0 Å². The lowest BCUT2D eigenvalue weighted by molar-refractivity contribution is 0.0155. The van der Waals surface area contributed by atoms with Gasteiger partial charge in [0.25, 0.3) is 0 Å². The van der Waals surface area contributed by atoms with Gasteiger partial charge >= 0.3 is 0 Å². The van der Waals surface area contributed by atoms with Crippen molar-refractivity contribution in [2.24, 2.45) is 0 Å². The summed E-state index contributed by atoms with van der Waals surface area (Å²) in [6, 6.07) is 11.2. The molecular formula is C16H25N3. The van der Waals surface area contributed by atoms with Crippen LogP contribution in [0.2, 0.25) is 0 Å². The van der Waals surface area contributed by atoms with E-state index in [1.807, 2.05) is 0 Å². The average Bonchev–Trinajstić information content (AvgIpc) is 2.50. The summed E-state index contributed by atoms with van der Waals surface area (Å²) in [6.07, 6.45) is 2.51. The van der Waals surface area contributed by atoms with Crippen molar-refractivity contribution in [2.75, 3.05) is 46.3 Å². The number of piperazine rings is 1. The van der Waals surface area contributed by atoms with Gasteiger partial charge in [-0.1, -0.05) is 30.3 Å². The van der Waals surface area contributed by atoms with E-state index in [2.05, 4.69) is 52.5 Å². The highest BCUT2D eigenvalue weighted by Crippen LogP contribution is 2.38. The lowest BCUT2D eigenvalue weighted by atomic mass is 9.79. The maximum Gasteiger partial charge on any atom is 0.0486 e. The van der Waals surface area contributed by atoms with E-state index in [1.165, 1.54) is 44.6 Å². The Balaban J connectivity index is 1.91. The number of likely N-dealkylation sites (tertiary alicyclic amines) is 1. The highest BCUT2D eigenvalue weighted by atomic mass is 15.3. The minimum Gasteiger partial charge on any atom is -0.314 e. The molecule has 1 aromatic rings. The van der Waals surface area contributed by atoms with Crippen molar-refractivity contribution < 1.29 is 0 Å². The fraction of sp³-hybridized carbons (Fsp3) is 0.625. The first kappa shape index (κ1) is 13.1. The number of piperidine rings is 1. The number of hydrogen-bond donors (Lipinski definition) is 1. The standard InChI is InChI=1S/C16H25N3/c1-18-11-7-16(8-12-18,15-5-3-2-4-6-15)19-13-9-17-10-14-19/h2-6,17H,7-14H2,1H3. The van der Waals surface area contributed by atoms with Crippen molar-refractivity contribution in [1.29, 1.82) is 0 Å². The largest absolute Gasteiger partial charge is 0.314 e. The molecule has 0 aromatic heterocycles. The van der Waals surface area contributed by atoms with Gasteiger partial charge in [-0.15, -0.1) is 0 Å². The summed E-state index contributed by atoms with van der Waals surface area (Å²) < 4.78 is 0. The Bertz CT molecular complexity index is 390. The van der Waals surface area contributed by atoms with Gasteiger partial charge in [-0.05, 0) is 38.5 Å². The molecule has 0 spiro atoms. The van der Waals surface area contributed by atoms with E-state index in [4.69, 9.17) is 0 Å². The van der Waals surface area contributed by atoms with Crippen LogP contribution in [0.1, 0.15) is 18.4 Å². The maximum absolute atomic E-state index is 3.48. The quantitative estimate of drug-likeness (QED) is 0.868. The molecule has 0 unspecified atom stereocenters. The van der Waals surface area contributed by atoms with Crippen LogP contribution in [-0.2, 0) is 5.54 Å². The monoisotopic (exact) mass is 259 g/mol. The summed E-state index contributed by atoms with van der Waals surface area (Å²) in [5.74, 6) is 0. The smallest absolute Gasteiger partial charge is 0.0486 e. The Morgan fingerprint density at radius 3 is 2.21 bits per heavy atom. The summed E-state index contributed by atoms with van der Waals surface area (Å²) in [4.78, 5) is 5.19. The van der Waals surface area contributed by atoms with Crippen molar-refractivity contribution in [1.82, 2.24) is 15.1 Å². The molecule has 0 radical (unpaired) electrons. The number of nitrogens with one attached hydrogen (secondary N) is 1. The molecule has 3 heteroatoms. The second kappa shape index (κ2) is 5.61. The minimum atomic E-state index is 0.274. The fourth-order valence-corrected chi connectivity index (χ4v) is 3.62. The van der Waals surface area contributed by atoms with Crippen LogP contribution in [0.15, 0.2) is 30.3 Å². The van der Waals surface area contributed by atoms with Gasteiger partial charge in [0, 0.05) is 31.7 Å². The second-order valence-electron chi connectivity index (χ2n) is 5.94. The predicted molar refractivity (Wildman–Crippen MR) is 79.3 cm³/mol. The second-order valence-corrected chi connectivity index (χ2v) is 5.94. The van der Waals surface area contributed by atoms with Crippen molar-refractivity contribution in [3.63, 3.8) is 0 Å². The van der Waals surface area contributed by atoms with E-state index >= 15 is 0 Å². The zero-order valence-electron chi connectivity index (χ0n) is 11.9. The van der Waals surface area contributed by atoms with E-state index in [9.17, 15) is 0 Å². The molecule has 0 saturated carbocycles. The first-order chi connectivity index (χ1) is 9.31. The summed E-state index contributed by atoms with van der Waals surface area (Å²) in [5, 5.41) is 3.48. The molecule has 1 N–H and O–H groups in total. The topological polar surface area (TPSA) is 18.5 Å². The minimum absolute atomic E-state index is 0.274. The summed E-state index contributed by atoms with van der Waals surface area (Å²) in [6.45, 7) is 7.03. The van der Waals surface area contributed by atoms with Gasteiger partial charge in [-0.3, -0.25) is 4.90 Å². The van der Waals surface area contributed by atoms with E-state index in [-0.39, 0.29) is 5.54 Å². The van der Waals surface area contributed by atoms with Gasteiger partial charge in [-0.25, -0.2) is 0 Å². The van der Waals surface area contributed by atoms with E-state index in [1.54, 1.807) is 0 Å². The molecule has 2 saturated heterocycles. The van der Waals surface area contributed by atoms with Gasteiger partial charge < -0.3 is 10.2 Å². The first-order valence-electron chi connectivity index (χ1n) is 7.51. The molecule has 19 heavy (non-hydrogen) atoms. The molecule has 0 amide bonds. The van der Waals surface area contributed by atoms with Gasteiger partial charge in [0.2, 0.25) is 0 Å². The van der Waals surface area contributed by atoms with Gasteiger partial charge in [0.05, 0.1) is 0 Å². The van der Waals surface area contributed by atoms with Gasteiger partial charge in [0.15, 0.2) is 0 Å². The van der Waals surface area contributed by atoms with Crippen LogP contribution in [-0.4, -0.2) is 56.1 Å². The van der Waals surface area contributed by atoms with Crippen LogP contribution in [0.4, 0.5) is 0 Å². The summed E-state index contributed by atoms with van der Waals surface area (Å²) >= 11 is 0. The molecule has 0 aliphatic carbocycles. The Kier molecular flexibility index (Phi) is 3.87. The molecule has 0 atom stereocenters. The van der Waals surface area contributed by atoms with E-state index in [0.717, 1.165) is 13.1 Å². The Labute approximate surface area is 116 Å². The van der Waals surface area contributed by atoms with Gasteiger partial charge in [0.1, 0.15) is 0 Å². The van der Waals surface area contributed by atoms with Crippen LogP contribution in [0.5, 0.6) is 0 Å². The molecular weight excluding hydrogens is 234 g/mol. The number of hydrogen-bond acceptors (Lipinski definition) is 3. The van der Waals surface area contributed by atoms with Crippen molar-refractivity contribution in [3.8, 4) is 0 Å². The summed E-state index contributed by atoms with van der Waals surface area (Å²) in [7, 11) is 2.24. The van der Waals surface area contributed by atoms with Crippen LogP contribution >= 0.6 is 0 Å². The highest BCUT2D eigenvalue weighted by molar-refractivity contribution is 5.26. The lowest BCUT2D eigenvalue weighted by Gasteiger charge is -2.50. The number of benzene rings is 1.